The Morgan fingerprint density at radius 1 is 1.04 bits per heavy atom. The Hall–Kier alpha value is -2.97. The van der Waals surface area contributed by atoms with Gasteiger partial charge >= 0.3 is 0 Å². The van der Waals surface area contributed by atoms with Crippen LogP contribution in [0.3, 0.4) is 0 Å². The predicted octanol–water partition coefficient (Wildman–Crippen LogP) is 2.24. The lowest BCUT2D eigenvalue weighted by atomic mass is 10.1. The molecular weight excluding hydrogens is 328 g/mol. The molecule has 0 unspecified atom stereocenters. The SMILES string of the molecule is NS(=O)(=O)c1ccc(Nc2nccc(-c3cccc(O)c3)n2)cc1. The fourth-order valence-corrected chi connectivity index (χ4v) is 2.62. The van der Waals surface area contributed by atoms with Gasteiger partial charge in [-0.15, -0.1) is 0 Å². The summed E-state index contributed by atoms with van der Waals surface area (Å²) in [5.74, 6) is 0.499. The number of phenolic OH excluding ortho intramolecular Hbond substituents is 1. The Kier molecular flexibility index (Phi) is 4.15. The Labute approximate surface area is 138 Å². The maximum atomic E-state index is 11.2. The largest absolute Gasteiger partial charge is 0.508 e. The van der Waals surface area contributed by atoms with Gasteiger partial charge in [0.05, 0.1) is 10.6 Å². The van der Waals surface area contributed by atoms with E-state index in [1.54, 1.807) is 42.6 Å². The summed E-state index contributed by atoms with van der Waals surface area (Å²) in [7, 11) is -3.72. The van der Waals surface area contributed by atoms with Gasteiger partial charge in [-0.05, 0) is 42.5 Å². The number of nitrogens with one attached hydrogen (secondary N) is 1. The molecule has 0 radical (unpaired) electrons. The van der Waals surface area contributed by atoms with Crippen molar-refractivity contribution in [2.24, 2.45) is 5.14 Å². The van der Waals surface area contributed by atoms with Gasteiger partial charge < -0.3 is 10.4 Å². The highest BCUT2D eigenvalue weighted by molar-refractivity contribution is 7.89. The number of aromatic hydroxyl groups is 1. The van der Waals surface area contributed by atoms with E-state index in [1.807, 2.05) is 6.07 Å². The molecule has 122 valence electrons. The maximum Gasteiger partial charge on any atom is 0.238 e. The van der Waals surface area contributed by atoms with Gasteiger partial charge in [0, 0.05) is 17.4 Å². The van der Waals surface area contributed by atoms with Crippen molar-refractivity contribution in [1.82, 2.24) is 9.97 Å². The highest BCUT2D eigenvalue weighted by Crippen LogP contribution is 2.23. The first-order chi connectivity index (χ1) is 11.4. The van der Waals surface area contributed by atoms with Crippen molar-refractivity contribution in [3.63, 3.8) is 0 Å². The highest BCUT2D eigenvalue weighted by atomic mass is 32.2. The van der Waals surface area contributed by atoms with E-state index in [0.29, 0.717) is 17.3 Å². The van der Waals surface area contributed by atoms with Gasteiger partial charge in [0.1, 0.15) is 5.75 Å². The van der Waals surface area contributed by atoms with Crippen molar-refractivity contribution >= 4 is 21.7 Å². The van der Waals surface area contributed by atoms with Crippen molar-refractivity contribution in [2.45, 2.75) is 4.90 Å². The molecule has 0 aliphatic rings. The molecule has 0 saturated heterocycles. The summed E-state index contributed by atoms with van der Waals surface area (Å²) >= 11 is 0. The third-order valence-electron chi connectivity index (χ3n) is 3.24. The Morgan fingerprint density at radius 3 is 2.46 bits per heavy atom. The molecule has 3 rings (SSSR count). The average Bonchev–Trinajstić information content (AvgIpc) is 2.55. The molecule has 1 heterocycles. The number of anilines is 2. The predicted molar refractivity (Wildman–Crippen MR) is 90.2 cm³/mol. The molecular formula is C16H14N4O3S. The molecule has 7 nitrogen and oxygen atoms in total. The van der Waals surface area contributed by atoms with Crippen molar-refractivity contribution in [3.8, 4) is 17.0 Å². The fraction of sp³-hybridized carbons (Fsp3) is 0. The summed E-state index contributed by atoms with van der Waals surface area (Å²) in [4.78, 5) is 8.53. The third kappa shape index (κ3) is 3.67. The normalized spacial score (nSPS) is 11.2. The first-order valence-electron chi connectivity index (χ1n) is 6.94. The van der Waals surface area contributed by atoms with Crippen LogP contribution in [0.2, 0.25) is 0 Å². The number of hydrogen-bond donors (Lipinski definition) is 3. The van der Waals surface area contributed by atoms with Crippen molar-refractivity contribution in [2.75, 3.05) is 5.32 Å². The average molecular weight is 342 g/mol. The lowest BCUT2D eigenvalue weighted by Gasteiger charge is -2.07. The van der Waals surface area contributed by atoms with Crippen LogP contribution in [0.15, 0.2) is 65.7 Å². The quantitative estimate of drug-likeness (QED) is 0.669. The molecule has 4 N–H and O–H groups in total. The van der Waals surface area contributed by atoms with E-state index >= 15 is 0 Å². The molecule has 0 aliphatic heterocycles. The monoisotopic (exact) mass is 342 g/mol. The van der Waals surface area contributed by atoms with Crippen LogP contribution in [-0.2, 0) is 10.0 Å². The summed E-state index contributed by atoms with van der Waals surface area (Å²) in [6, 6.07) is 14.4. The molecule has 1 aromatic heterocycles. The fourth-order valence-electron chi connectivity index (χ4n) is 2.10. The van der Waals surface area contributed by atoms with Crippen LogP contribution in [0.25, 0.3) is 11.3 Å². The van der Waals surface area contributed by atoms with E-state index < -0.39 is 10.0 Å². The number of sulfonamides is 1. The zero-order chi connectivity index (χ0) is 17.2. The van der Waals surface area contributed by atoms with Crippen LogP contribution >= 0.6 is 0 Å². The molecule has 0 fully saturated rings. The minimum absolute atomic E-state index is 0.0301. The van der Waals surface area contributed by atoms with Gasteiger partial charge in [0.25, 0.3) is 0 Å². The molecule has 0 saturated carbocycles. The van der Waals surface area contributed by atoms with Gasteiger partial charge in [-0.3, -0.25) is 0 Å². The Morgan fingerprint density at radius 2 is 1.79 bits per heavy atom. The van der Waals surface area contributed by atoms with Gasteiger partial charge in [0.2, 0.25) is 16.0 Å². The van der Waals surface area contributed by atoms with Crippen LogP contribution in [0.1, 0.15) is 0 Å². The molecule has 0 spiro atoms. The van der Waals surface area contributed by atoms with Crippen molar-refractivity contribution in [3.05, 3.63) is 60.8 Å². The van der Waals surface area contributed by atoms with E-state index in [-0.39, 0.29) is 10.6 Å². The number of rotatable bonds is 4. The van der Waals surface area contributed by atoms with E-state index in [0.717, 1.165) is 5.56 Å². The first-order valence-corrected chi connectivity index (χ1v) is 8.49. The van der Waals surface area contributed by atoms with E-state index in [4.69, 9.17) is 5.14 Å². The van der Waals surface area contributed by atoms with Crippen LogP contribution in [0, 0.1) is 0 Å². The van der Waals surface area contributed by atoms with Gasteiger partial charge in [0.15, 0.2) is 0 Å². The molecule has 24 heavy (non-hydrogen) atoms. The number of primary sulfonamides is 1. The molecule has 0 amide bonds. The molecule has 2 aromatic carbocycles. The lowest BCUT2D eigenvalue weighted by molar-refractivity contribution is 0.475. The van der Waals surface area contributed by atoms with Crippen LogP contribution in [0.4, 0.5) is 11.6 Å². The second-order valence-corrected chi connectivity index (χ2v) is 6.57. The van der Waals surface area contributed by atoms with Crippen LogP contribution in [0.5, 0.6) is 5.75 Å². The topological polar surface area (TPSA) is 118 Å². The van der Waals surface area contributed by atoms with E-state index in [9.17, 15) is 13.5 Å². The number of hydrogen-bond acceptors (Lipinski definition) is 6. The zero-order valence-corrected chi connectivity index (χ0v) is 13.2. The first kappa shape index (κ1) is 15.9. The molecule has 0 bridgehead atoms. The second kappa shape index (κ2) is 6.26. The number of benzene rings is 2. The standard InChI is InChI=1S/C16H14N4O3S/c17-24(22,23)14-6-4-12(5-7-14)19-16-18-9-8-15(20-16)11-2-1-3-13(21)10-11/h1-10,21H,(H2,17,22,23)(H,18,19,20). The number of phenols is 1. The summed E-state index contributed by atoms with van der Waals surface area (Å²) < 4.78 is 22.5. The molecule has 3 aromatic rings. The number of nitrogens with two attached hydrogens (primary N) is 1. The number of aromatic nitrogens is 2. The van der Waals surface area contributed by atoms with Gasteiger partial charge in [-0.25, -0.2) is 23.5 Å². The maximum absolute atomic E-state index is 11.2. The minimum atomic E-state index is -3.72. The van der Waals surface area contributed by atoms with Crippen molar-refractivity contribution < 1.29 is 13.5 Å². The Balaban J connectivity index is 1.85. The van der Waals surface area contributed by atoms with Crippen LogP contribution < -0.4 is 10.5 Å². The molecule has 8 heteroatoms. The smallest absolute Gasteiger partial charge is 0.238 e. The summed E-state index contributed by atoms with van der Waals surface area (Å²) in [5, 5.41) is 17.6. The zero-order valence-electron chi connectivity index (χ0n) is 12.4. The van der Waals surface area contributed by atoms with Gasteiger partial charge in [-0.2, -0.15) is 0 Å². The Bertz CT molecular complexity index is 973. The lowest BCUT2D eigenvalue weighted by Crippen LogP contribution is -2.11. The van der Waals surface area contributed by atoms with Crippen LogP contribution in [-0.4, -0.2) is 23.5 Å². The third-order valence-corrected chi connectivity index (χ3v) is 4.17. The van der Waals surface area contributed by atoms with Crippen molar-refractivity contribution in [1.29, 1.82) is 0 Å². The van der Waals surface area contributed by atoms with Gasteiger partial charge in [-0.1, -0.05) is 12.1 Å². The highest BCUT2D eigenvalue weighted by Gasteiger charge is 2.08. The minimum Gasteiger partial charge on any atom is -0.508 e. The summed E-state index contributed by atoms with van der Waals surface area (Å²) in [6.45, 7) is 0. The second-order valence-electron chi connectivity index (χ2n) is 5.01. The van der Waals surface area contributed by atoms with E-state index in [1.165, 1.54) is 12.1 Å². The van der Waals surface area contributed by atoms with E-state index in [2.05, 4.69) is 15.3 Å². The molecule has 0 atom stereocenters. The molecule has 0 aliphatic carbocycles. The summed E-state index contributed by atoms with van der Waals surface area (Å²) in [6.07, 6.45) is 1.59. The summed E-state index contributed by atoms with van der Waals surface area (Å²) in [5.41, 5.74) is 2.02. The number of nitrogens with zero attached hydrogens (tertiary/aromatic N) is 2.